The Labute approximate surface area is 161 Å². The lowest BCUT2D eigenvalue weighted by Crippen LogP contribution is -2.39. The minimum atomic E-state index is -4.64. The van der Waals surface area contributed by atoms with Crippen molar-refractivity contribution >= 4 is 19.4 Å². The molecule has 5 N–H and O–H groups in total. The fourth-order valence-electron chi connectivity index (χ4n) is 2.76. The van der Waals surface area contributed by atoms with Gasteiger partial charge < -0.3 is 20.8 Å². The van der Waals surface area contributed by atoms with E-state index in [1.54, 1.807) is 6.07 Å². The van der Waals surface area contributed by atoms with Crippen molar-refractivity contribution in [2.75, 3.05) is 11.9 Å². The molecule has 0 aromatic heterocycles. The third kappa shape index (κ3) is 12.0. The molecule has 0 saturated heterocycles. The molecular formula is C19H33N2O5P. The number of phosphoric acid groups is 1. The summed E-state index contributed by atoms with van der Waals surface area (Å²) in [7, 11) is -4.64. The molecule has 0 spiro atoms. The lowest BCUT2D eigenvalue weighted by molar-refractivity contribution is -0.118. The van der Waals surface area contributed by atoms with Crippen LogP contribution >= 0.6 is 7.82 Å². The number of nitrogens with two attached hydrogens (primary N) is 1. The normalized spacial score (nSPS) is 12.7. The Morgan fingerprint density at radius 3 is 2.41 bits per heavy atom. The molecule has 154 valence electrons. The number of hydrogen-bond donors (Lipinski definition) is 4. The first-order valence-corrected chi connectivity index (χ1v) is 11.2. The summed E-state index contributed by atoms with van der Waals surface area (Å²) in [5.74, 6) is -0.548. The Morgan fingerprint density at radius 1 is 1.15 bits per heavy atom. The molecule has 7 nitrogen and oxygen atoms in total. The number of carbonyl (C=O) groups excluding carboxylic acids is 1. The monoisotopic (exact) mass is 400 g/mol. The Kier molecular flexibility index (Phi) is 11.5. The molecule has 8 heteroatoms. The minimum Gasteiger partial charge on any atom is -0.325 e. The van der Waals surface area contributed by atoms with E-state index in [0.29, 0.717) is 5.69 Å². The number of nitrogens with one attached hydrogen (secondary N) is 1. The molecule has 1 rings (SSSR count). The maximum atomic E-state index is 12.0. The summed E-state index contributed by atoms with van der Waals surface area (Å²) in [6, 6.07) is 6.39. The molecule has 1 aromatic rings. The number of unbranched alkanes of at least 4 members (excludes halogenated alkanes) is 7. The maximum Gasteiger partial charge on any atom is 0.469 e. The van der Waals surface area contributed by atoms with Crippen molar-refractivity contribution in [3.8, 4) is 0 Å². The zero-order valence-electron chi connectivity index (χ0n) is 16.1. The summed E-state index contributed by atoms with van der Waals surface area (Å²) >= 11 is 0. The van der Waals surface area contributed by atoms with Crippen LogP contribution in [0.25, 0.3) is 0 Å². The van der Waals surface area contributed by atoms with Gasteiger partial charge in [-0.05, 0) is 30.5 Å². The second kappa shape index (κ2) is 13.0. The molecule has 1 amide bonds. The number of anilines is 1. The molecule has 0 saturated carbocycles. The van der Waals surface area contributed by atoms with Crippen LogP contribution in [-0.2, 0) is 20.3 Å². The molecule has 27 heavy (non-hydrogen) atoms. The Balaban J connectivity index is 2.32. The summed E-state index contributed by atoms with van der Waals surface area (Å²) in [4.78, 5) is 29.3. The van der Waals surface area contributed by atoms with Crippen molar-refractivity contribution in [2.24, 2.45) is 5.73 Å². The van der Waals surface area contributed by atoms with Gasteiger partial charge in [0.05, 0.1) is 6.61 Å². The lowest BCUT2D eigenvalue weighted by atomic mass is 10.0. The second-order valence-electron chi connectivity index (χ2n) is 6.81. The molecule has 0 radical (unpaired) electrons. The lowest BCUT2D eigenvalue weighted by Gasteiger charge is -2.13. The highest BCUT2D eigenvalue weighted by Crippen LogP contribution is 2.35. The van der Waals surface area contributed by atoms with Gasteiger partial charge in [-0.15, -0.1) is 0 Å². The first kappa shape index (κ1) is 23.8. The predicted octanol–water partition coefficient (Wildman–Crippen LogP) is 3.74. The van der Waals surface area contributed by atoms with Gasteiger partial charge in [-0.1, -0.05) is 64.0 Å². The quantitative estimate of drug-likeness (QED) is 0.279. The van der Waals surface area contributed by atoms with E-state index in [9.17, 15) is 9.36 Å². The highest BCUT2D eigenvalue weighted by Gasteiger charge is 2.20. The first-order valence-electron chi connectivity index (χ1n) is 9.67. The molecule has 0 fully saturated rings. The number of aryl methyl sites for hydroxylation is 1. The molecule has 1 aromatic carbocycles. The van der Waals surface area contributed by atoms with Crippen LogP contribution in [0.2, 0.25) is 0 Å². The number of hydrogen-bond acceptors (Lipinski definition) is 4. The predicted molar refractivity (Wildman–Crippen MR) is 107 cm³/mol. The van der Waals surface area contributed by atoms with E-state index >= 15 is 0 Å². The van der Waals surface area contributed by atoms with E-state index in [0.717, 1.165) is 18.4 Å². The molecule has 0 bridgehead atoms. The topological polar surface area (TPSA) is 122 Å². The van der Waals surface area contributed by atoms with Gasteiger partial charge in [0.25, 0.3) is 0 Å². The van der Waals surface area contributed by atoms with Crippen LogP contribution in [0.5, 0.6) is 0 Å². The van der Waals surface area contributed by atoms with Crippen LogP contribution < -0.4 is 11.1 Å². The summed E-state index contributed by atoms with van der Waals surface area (Å²) in [5.41, 5.74) is 7.34. The molecule has 0 aliphatic heterocycles. The molecular weight excluding hydrogens is 367 g/mol. The first-order chi connectivity index (χ1) is 12.8. The second-order valence-corrected chi connectivity index (χ2v) is 8.05. The molecule has 0 heterocycles. The summed E-state index contributed by atoms with van der Waals surface area (Å²) in [5, 5.41) is 2.65. The van der Waals surface area contributed by atoms with Crippen molar-refractivity contribution in [1.82, 2.24) is 0 Å². The van der Waals surface area contributed by atoms with Gasteiger partial charge in [0.15, 0.2) is 0 Å². The van der Waals surface area contributed by atoms with Crippen LogP contribution in [0.15, 0.2) is 24.3 Å². The molecule has 0 aliphatic rings. The SMILES string of the molecule is CCCCCCCCCCc1cccc(NC(=O)[C@@H](N)COP(=O)(O)O)c1. The minimum absolute atomic E-state index is 0.548. The van der Waals surface area contributed by atoms with E-state index in [2.05, 4.69) is 16.8 Å². The van der Waals surface area contributed by atoms with Gasteiger partial charge in [-0.25, -0.2) is 4.57 Å². The number of amides is 1. The van der Waals surface area contributed by atoms with E-state index in [1.165, 1.54) is 44.9 Å². The van der Waals surface area contributed by atoms with Gasteiger partial charge in [-0.2, -0.15) is 0 Å². The zero-order chi connectivity index (χ0) is 20.1. The number of benzene rings is 1. The van der Waals surface area contributed by atoms with Gasteiger partial charge >= 0.3 is 7.82 Å². The average Bonchev–Trinajstić information content (AvgIpc) is 2.61. The van der Waals surface area contributed by atoms with E-state index in [-0.39, 0.29) is 0 Å². The third-order valence-corrected chi connectivity index (χ3v) is 4.76. The summed E-state index contributed by atoms with van der Waals surface area (Å²) in [6.45, 7) is 1.68. The van der Waals surface area contributed by atoms with Gasteiger partial charge in [0.1, 0.15) is 6.04 Å². The third-order valence-electron chi connectivity index (χ3n) is 4.27. The zero-order valence-corrected chi connectivity index (χ0v) is 17.0. The smallest absolute Gasteiger partial charge is 0.325 e. The number of rotatable bonds is 14. The van der Waals surface area contributed by atoms with Crippen LogP contribution in [0.1, 0.15) is 63.9 Å². The molecule has 0 unspecified atom stereocenters. The molecule has 1 atom stereocenters. The fraction of sp³-hybridized carbons (Fsp3) is 0.632. The fourth-order valence-corrected chi connectivity index (χ4v) is 3.11. The highest BCUT2D eigenvalue weighted by molar-refractivity contribution is 7.46. The van der Waals surface area contributed by atoms with Crippen LogP contribution in [0, 0.1) is 0 Å². The van der Waals surface area contributed by atoms with Crippen molar-refractivity contribution in [1.29, 1.82) is 0 Å². The average molecular weight is 400 g/mol. The number of phosphoric ester groups is 1. The van der Waals surface area contributed by atoms with E-state index in [1.807, 2.05) is 18.2 Å². The van der Waals surface area contributed by atoms with Crippen molar-refractivity contribution in [3.63, 3.8) is 0 Å². The largest absolute Gasteiger partial charge is 0.469 e. The van der Waals surface area contributed by atoms with Gasteiger partial charge in [0, 0.05) is 5.69 Å². The van der Waals surface area contributed by atoms with E-state index < -0.39 is 26.4 Å². The van der Waals surface area contributed by atoms with Crippen LogP contribution in [0.4, 0.5) is 5.69 Å². The van der Waals surface area contributed by atoms with Crippen molar-refractivity contribution in [2.45, 2.75) is 70.8 Å². The Morgan fingerprint density at radius 2 is 1.78 bits per heavy atom. The highest BCUT2D eigenvalue weighted by atomic mass is 31.2. The Hall–Kier alpha value is -1.24. The van der Waals surface area contributed by atoms with Crippen LogP contribution in [-0.4, -0.2) is 28.3 Å². The maximum absolute atomic E-state index is 12.0. The van der Waals surface area contributed by atoms with Crippen molar-refractivity contribution in [3.05, 3.63) is 29.8 Å². The molecule has 0 aliphatic carbocycles. The number of carbonyl (C=O) groups is 1. The Bertz CT molecular complexity index is 606. The summed E-state index contributed by atoms with van der Waals surface area (Å²) in [6.07, 6.45) is 11.1. The van der Waals surface area contributed by atoms with Crippen LogP contribution in [0.3, 0.4) is 0 Å². The summed E-state index contributed by atoms with van der Waals surface area (Å²) < 4.78 is 14.9. The van der Waals surface area contributed by atoms with Gasteiger partial charge in [-0.3, -0.25) is 9.32 Å². The van der Waals surface area contributed by atoms with Crippen molar-refractivity contribution < 1.29 is 23.7 Å². The van der Waals surface area contributed by atoms with Gasteiger partial charge in [0.2, 0.25) is 5.91 Å². The van der Waals surface area contributed by atoms with E-state index in [4.69, 9.17) is 15.5 Å². The standard InChI is InChI=1S/C19H33N2O5P/c1-2-3-4-5-6-7-8-9-11-16-12-10-13-17(14-16)21-19(22)18(20)15-26-27(23,24)25/h10,12-14,18H,2-9,11,15,20H2,1H3,(H,21,22)(H2,23,24,25)/t18-/m0/s1.